The number of aromatic nitrogens is 1. The van der Waals surface area contributed by atoms with E-state index in [4.69, 9.17) is 4.74 Å². The summed E-state index contributed by atoms with van der Waals surface area (Å²) in [6.45, 7) is 8.69. The average Bonchev–Trinajstić information content (AvgIpc) is 2.48. The number of rotatable bonds is 5. The number of aliphatic hydroxyl groups is 1. The van der Waals surface area contributed by atoms with E-state index in [1.807, 2.05) is 12.3 Å². The van der Waals surface area contributed by atoms with Crippen LogP contribution in [-0.4, -0.2) is 48.5 Å². The van der Waals surface area contributed by atoms with E-state index in [2.05, 4.69) is 42.0 Å². The van der Waals surface area contributed by atoms with Crippen molar-refractivity contribution in [1.29, 1.82) is 0 Å². The third-order valence-electron chi connectivity index (χ3n) is 3.78. The first-order valence-corrected chi connectivity index (χ1v) is 7.34. The highest BCUT2D eigenvalue weighted by Gasteiger charge is 2.26. The number of morpholine rings is 1. The summed E-state index contributed by atoms with van der Waals surface area (Å²) in [6.07, 6.45) is 1.73. The first-order chi connectivity index (χ1) is 9.65. The van der Waals surface area contributed by atoms with Crippen molar-refractivity contribution in [3.63, 3.8) is 0 Å². The molecule has 0 saturated carbocycles. The van der Waals surface area contributed by atoms with E-state index < -0.39 is 0 Å². The van der Waals surface area contributed by atoms with Crippen molar-refractivity contribution < 1.29 is 9.84 Å². The van der Waals surface area contributed by atoms with Crippen LogP contribution in [0.25, 0.3) is 0 Å². The smallest absolute Gasteiger partial charge is 0.129 e. The largest absolute Gasteiger partial charge is 0.394 e. The molecule has 1 aromatic rings. The summed E-state index contributed by atoms with van der Waals surface area (Å²) in [4.78, 5) is 6.70. The number of nitrogens with one attached hydrogen (secondary N) is 1. The molecule has 1 aromatic heterocycles. The Kier molecular flexibility index (Phi) is 5.34. The van der Waals surface area contributed by atoms with Crippen molar-refractivity contribution in [2.75, 3.05) is 31.2 Å². The van der Waals surface area contributed by atoms with Gasteiger partial charge in [-0.3, -0.25) is 0 Å². The molecule has 2 N–H and O–H groups in total. The van der Waals surface area contributed by atoms with Crippen LogP contribution in [0, 0.1) is 0 Å². The SMILES string of the molecule is CCNC(C)c1ccnc(N2CC(CO)OCC2C)c1. The topological polar surface area (TPSA) is 57.6 Å². The fourth-order valence-electron chi connectivity index (χ4n) is 2.53. The zero-order chi connectivity index (χ0) is 14.5. The summed E-state index contributed by atoms with van der Waals surface area (Å²) >= 11 is 0. The molecule has 5 heteroatoms. The molecule has 1 aliphatic heterocycles. The van der Waals surface area contributed by atoms with Crippen molar-refractivity contribution in [2.24, 2.45) is 0 Å². The molecule has 0 aliphatic carbocycles. The van der Waals surface area contributed by atoms with Gasteiger partial charge in [-0.15, -0.1) is 0 Å². The van der Waals surface area contributed by atoms with Crippen molar-refractivity contribution in [1.82, 2.24) is 10.3 Å². The van der Waals surface area contributed by atoms with Crippen LogP contribution in [0.5, 0.6) is 0 Å². The zero-order valence-corrected chi connectivity index (χ0v) is 12.5. The molecule has 112 valence electrons. The number of pyridine rings is 1. The molecule has 3 unspecified atom stereocenters. The van der Waals surface area contributed by atoms with Crippen LogP contribution in [0.1, 0.15) is 32.4 Å². The maximum atomic E-state index is 9.27. The molecule has 2 heterocycles. The van der Waals surface area contributed by atoms with Gasteiger partial charge in [-0.1, -0.05) is 6.92 Å². The van der Waals surface area contributed by atoms with Gasteiger partial charge in [-0.25, -0.2) is 4.98 Å². The number of hydrogen-bond acceptors (Lipinski definition) is 5. The molecule has 20 heavy (non-hydrogen) atoms. The van der Waals surface area contributed by atoms with E-state index in [-0.39, 0.29) is 18.8 Å². The lowest BCUT2D eigenvalue weighted by Crippen LogP contribution is -2.50. The lowest BCUT2D eigenvalue weighted by molar-refractivity contribution is -0.0105. The molecule has 1 fully saturated rings. The molecule has 0 aromatic carbocycles. The summed E-state index contributed by atoms with van der Waals surface area (Å²) in [7, 11) is 0. The maximum absolute atomic E-state index is 9.27. The fraction of sp³-hybridized carbons (Fsp3) is 0.667. The van der Waals surface area contributed by atoms with Crippen molar-refractivity contribution >= 4 is 5.82 Å². The number of nitrogens with zero attached hydrogens (tertiary/aromatic N) is 2. The van der Waals surface area contributed by atoms with Gasteiger partial charge in [0.15, 0.2) is 0 Å². The second-order valence-electron chi connectivity index (χ2n) is 5.37. The molecule has 1 saturated heterocycles. The molecule has 5 nitrogen and oxygen atoms in total. The molecular formula is C15H25N3O2. The number of ether oxygens (including phenoxy) is 1. The second kappa shape index (κ2) is 7.02. The number of anilines is 1. The minimum Gasteiger partial charge on any atom is -0.394 e. The third kappa shape index (κ3) is 3.48. The van der Waals surface area contributed by atoms with Gasteiger partial charge in [0.1, 0.15) is 5.82 Å². The van der Waals surface area contributed by atoms with E-state index >= 15 is 0 Å². The molecule has 0 spiro atoms. The van der Waals surface area contributed by atoms with Gasteiger partial charge in [0.05, 0.1) is 25.4 Å². The summed E-state index contributed by atoms with van der Waals surface area (Å²) in [5, 5.41) is 12.7. The first kappa shape index (κ1) is 15.2. The quantitative estimate of drug-likeness (QED) is 0.852. The highest BCUT2D eigenvalue weighted by Crippen LogP contribution is 2.22. The third-order valence-corrected chi connectivity index (χ3v) is 3.78. The normalized spacial score (nSPS) is 24.7. The fourth-order valence-corrected chi connectivity index (χ4v) is 2.53. The van der Waals surface area contributed by atoms with Gasteiger partial charge in [-0.2, -0.15) is 0 Å². The molecule has 1 aliphatic rings. The van der Waals surface area contributed by atoms with Crippen LogP contribution in [0.3, 0.4) is 0 Å². The van der Waals surface area contributed by atoms with Crippen LogP contribution in [0.15, 0.2) is 18.3 Å². The number of aliphatic hydroxyl groups excluding tert-OH is 1. The van der Waals surface area contributed by atoms with E-state index in [1.54, 1.807) is 0 Å². The summed E-state index contributed by atoms with van der Waals surface area (Å²) in [5.41, 5.74) is 1.23. The summed E-state index contributed by atoms with van der Waals surface area (Å²) in [6, 6.07) is 4.76. The highest BCUT2D eigenvalue weighted by atomic mass is 16.5. The van der Waals surface area contributed by atoms with E-state index in [0.29, 0.717) is 19.2 Å². The first-order valence-electron chi connectivity index (χ1n) is 7.34. The van der Waals surface area contributed by atoms with Crippen LogP contribution < -0.4 is 10.2 Å². The summed E-state index contributed by atoms with van der Waals surface area (Å²) < 4.78 is 5.58. The van der Waals surface area contributed by atoms with Gasteiger partial charge in [0.25, 0.3) is 0 Å². The van der Waals surface area contributed by atoms with Crippen LogP contribution in [0.2, 0.25) is 0 Å². The Bertz CT molecular complexity index is 427. The Morgan fingerprint density at radius 3 is 3.10 bits per heavy atom. The predicted molar refractivity (Wildman–Crippen MR) is 80.0 cm³/mol. The molecule has 0 bridgehead atoms. The Morgan fingerprint density at radius 2 is 2.40 bits per heavy atom. The number of hydrogen-bond donors (Lipinski definition) is 2. The second-order valence-corrected chi connectivity index (χ2v) is 5.37. The van der Waals surface area contributed by atoms with Gasteiger partial charge in [0.2, 0.25) is 0 Å². The van der Waals surface area contributed by atoms with Crippen LogP contribution in [-0.2, 0) is 4.74 Å². The molecular weight excluding hydrogens is 254 g/mol. The zero-order valence-electron chi connectivity index (χ0n) is 12.5. The Hall–Kier alpha value is -1.17. The van der Waals surface area contributed by atoms with E-state index in [9.17, 15) is 5.11 Å². The highest BCUT2D eigenvalue weighted by molar-refractivity contribution is 5.43. The van der Waals surface area contributed by atoms with E-state index in [0.717, 1.165) is 12.4 Å². The van der Waals surface area contributed by atoms with Crippen molar-refractivity contribution in [3.05, 3.63) is 23.9 Å². The van der Waals surface area contributed by atoms with Gasteiger partial charge in [0, 0.05) is 18.8 Å². The van der Waals surface area contributed by atoms with Gasteiger partial charge >= 0.3 is 0 Å². The monoisotopic (exact) mass is 279 g/mol. The Morgan fingerprint density at radius 1 is 1.60 bits per heavy atom. The van der Waals surface area contributed by atoms with Crippen molar-refractivity contribution in [3.8, 4) is 0 Å². The minimum atomic E-state index is -0.122. The molecule has 0 radical (unpaired) electrons. The predicted octanol–water partition coefficient (Wildman–Crippen LogP) is 1.34. The van der Waals surface area contributed by atoms with Gasteiger partial charge < -0.3 is 20.1 Å². The molecule has 2 rings (SSSR count). The van der Waals surface area contributed by atoms with E-state index in [1.165, 1.54) is 5.56 Å². The van der Waals surface area contributed by atoms with Crippen molar-refractivity contribution in [2.45, 2.75) is 39.0 Å². The maximum Gasteiger partial charge on any atom is 0.129 e. The van der Waals surface area contributed by atoms with Gasteiger partial charge in [-0.05, 0) is 38.1 Å². The lowest BCUT2D eigenvalue weighted by atomic mass is 10.1. The molecule has 3 atom stereocenters. The lowest BCUT2D eigenvalue weighted by Gasteiger charge is -2.38. The Labute approximate surface area is 121 Å². The van der Waals surface area contributed by atoms with Crippen LogP contribution in [0.4, 0.5) is 5.82 Å². The van der Waals surface area contributed by atoms with Crippen LogP contribution >= 0.6 is 0 Å². The standard InChI is InChI=1S/C15H25N3O2/c1-4-16-12(3)13-5-6-17-15(7-13)18-8-14(9-19)20-10-11(18)2/h5-7,11-12,14,16,19H,4,8-10H2,1-3H3. The summed E-state index contributed by atoms with van der Waals surface area (Å²) in [5.74, 6) is 0.960. The molecule has 0 amide bonds. The Balaban J connectivity index is 2.16. The average molecular weight is 279 g/mol. The minimum absolute atomic E-state index is 0.0523.